The van der Waals surface area contributed by atoms with Crippen LogP contribution in [0, 0.1) is 0 Å². The minimum Gasteiger partial charge on any atom is -0.495 e. The predicted octanol–water partition coefficient (Wildman–Crippen LogP) is 3.65. The first kappa shape index (κ1) is 23.4. The SMILES string of the molecule is COc1ccc(S(=O)(=O)Nc2ccccc2Cl)cc1NS(=O)(=O)c1cccc(C(=O)O)c1. The first-order valence-corrected chi connectivity index (χ1v) is 12.2. The minimum absolute atomic E-state index is 0.0552. The molecule has 0 radical (unpaired) electrons. The number of aromatic carboxylic acids is 1. The van der Waals surface area contributed by atoms with E-state index in [4.69, 9.17) is 21.4 Å². The maximum absolute atomic E-state index is 12.8. The van der Waals surface area contributed by atoms with E-state index in [1.165, 1.54) is 49.6 Å². The Hall–Kier alpha value is -3.28. The molecule has 0 fully saturated rings. The number of methoxy groups -OCH3 is 1. The van der Waals surface area contributed by atoms with E-state index in [0.717, 1.165) is 12.1 Å². The number of anilines is 2. The van der Waals surface area contributed by atoms with Crippen molar-refractivity contribution < 1.29 is 31.5 Å². The summed E-state index contributed by atoms with van der Waals surface area (Å²) in [6.07, 6.45) is 0. The van der Waals surface area contributed by atoms with Crippen LogP contribution < -0.4 is 14.2 Å². The third kappa shape index (κ3) is 5.13. The highest BCUT2D eigenvalue weighted by Gasteiger charge is 2.22. The number of carboxylic acids is 1. The monoisotopic (exact) mass is 496 g/mol. The molecule has 32 heavy (non-hydrogen) atoms. The maximum Gasteiger partial charge on any atom is 0.335 e. The molecule has 3 rings (SSSR count). The van der Waals surface area contributed by atoms with E-state index in [0.29, 0.717) is 0 Å². The molecule has 0 aliphatic rings. The summed E-state index contributed by atoms with van der Waals surface area (Å²) in [5, 5.41) is 9.28. The van der Waals surface area contributed by atoms with Crippen LogP contribution in [0.2, 0.25) is 5.02 Å². The Kier molecular flexibility index (Phi) is 6.63. The number of hydrogen-bond donors (Lipinski definition) is 3. The Morgan fingerprint density at radius 3 is 2.09 bits per heavy atom. The van der Waals surface area contributed by atoms with Gasteiger partial charge in [0.2, 0.25) is 0 Å². The zero-order valence-corrected chi connectivity index (χ0v) is 18.8. The van der Waals surface area contributed by atoms with Crippen molar-refractivity contribution in [2.24, 2.45) is 0 Å². The van der Waals surface area contributed by atoms with Gasteiger partial charge in [-0.1, -0.05) is 29.8 Å². The fourth-order valence-corrected chi connectivity index (χ4v) is 5.13. The maximum atomic E-state index is 12.8. The zero-order chi connectivity index (χ0) is 23.5. The molecule has 9 nitrogen and oxygen atoms in total. The number of nitrogens with one attached hydrogen (secondary N) is 2. The van der Waals surface area contributed by atoms with Crippen molar-refractivity contribution in [2.45, 2.75) is 9.79 Å². The van der Waals surface area contributed by atoms with E-state index in [9.17, 15) is 21.6 Å². The van der Waals surface area contributed by atoms with E-state index in [1.807, 2.05) is 0 Å². The Balaban J connectivity index is 1.99. The molecule has 0 spiro atoms. The second-order valence-electron chi connectivity index (χ2n) is 6.39. The number of ether oxygens (including phenoxy) is 1. The molecule has 12 heteroatoms. The Morgan fingerprint density at radius 2 is 1.47 bits per heavy atom. The lowest BCUT2D eigenvalue weighted by Crippen LogP contribution is -2.16. The lowest BCUT2D eigenvalue weighted by atomic mass is 10.2. The van der Waals surface area contributed by atoms with Crippen molar-refractivity contribution in [2.75, 3.05) is 16.6 Å². The van der Waals surface area contributed by atoms with Crippen LogP contribution in [0.4, 0.5) is 11.4 Å². The summed E-state index contributed by atoms with van der Waals surface area (Å²) in [6.45, 7) is 0. The van der Waals surface area contributed by atoms with Crippen LogP contribution in [-0.2, 0) is 20.0 Å². The molecule has 0 saturated carbocycles. The summed E-state index contributed by atoms with van der Waals surface area (Å²) in [5.74, 6) is -1.24. The third-order valence-electron chi connectivity index (χ3n) is 4.24. The second kappa shape index (κ2) is 9.07. The lowest BCUT2D eigenvalue weighted by Gasteiger charge is -2.15. The topological polar surface area (TPSA) is 139 Å². The molecule has 0 amide bonds. The quantitative estimate of drug-likeness (QED) is 0.432. The molecule has 3 aromatic rings. The van der Waals surface area contributed by atoms with Crippen molar-refractivity contribution in [3.8, 4) is 5.75 Å². The molecule has 0 saturated heterocycles. The van der Waals surface area contributed by atoms with Gasteiger partial charge in [-0.05, 0) is 48.5 Å². The van der Waals surface area contributed by atoms with Gasteiger partial charge >= 0.3 is 5.97 Å². The summed E-state index contributed by atoms with van der Waals surface area (Å²) in [7, 11) is -7.10. The average Bonchev–Trinajstić information content (AvgIpc) is 2.75. The molecule has 0 aliphatic carbocycles. The van der Waals surface area contributed by atoms with Gasteiger partial charge < -0.3 is 9.84 Å². The number of rotatable bonds is 8. The first-order chi connectivity index (χ1) is 15.0. The molecule has 0 heterocycles. The van der Waals surface area contributed by atoms with Crippen LogP contribution >= 0.6 is 11.6 Å². The van der Waals surface area contributed by atoms with Gasteiger partial charge in [0.25, 0.3) is 20.0 Å². The van der Waals surface area contributed by atoms with Crippen LogP contribution in [0.5, 0.6) is 5.75 Å². The third-order valence-corrected chi connectivity index (χ3v) is 7.29. The predicted molar refractivity (Wildman–Crippen MR) is 119 cm³/mol. The van der Waals surface area contributed by atoms with Crippen molar-refractivity contribution in [3.05, 3.63) is 77.3 Å². The van der Waals surface area contributed by atoms with Crippen LogP contribution in [0.25, 0.3) is 0 Å². The highest BCUT2D eigenvalue weighted by Crippen LogP contribution is 2.31. The molecule has 0 aliphatic heterocycles. The van der Waals surface area contributed by atoms with Crippen molar-refractivity contribution >= 4 is 49.0 Å². The van der Waals surface area contributed by atoms with Crippen LogP contribution in [-0.4, -0.2) is 35.0 Å². The van der Waals surface area contributed by atoms with E-state index >= 15 is 0 Å². The fraction of sp³-hybridized carbons (Fsp3) is 0.0500. The minimum atomic E-state index is -4.26. The van der Waals surface area contributed by atoms with Gasteiger partial charge in [-0.2, -0.15) is 0 Å². The van der Waals surface area contributed by atoms with E-state index in [2.05, 4.69) is 9.44 Å². The standard InChI is InChI=1S/C20H17ClN2O7S2/c1-30-19-10-9-15(32(28,29)22-17-8-3-2-7-16(17)21)12-18(19)23-31(26,27)14-6-4-5-13(11-14)20(24)25/h2-12,22-23H,1H3,(H,24,25). The van der Waals surface area contributed by atoms with Crippen LogP contribution in [0.3, 0.4) is 0 Å². The lowest BCUT2D eigenvalue weighted by molar-refractivity contribution is 0.0696. The van der Waals surface area contributed by atoms with Gasteiger partial charge in [-0.15, -0.1) is 0 Å². The largest absolute Gasteiger partial charge is 0.495 e. The van der Waals surface area contributed by atoms with Crippen LogP contribution in [0.15, 0.2) is 76.5 Å². The van der Waals surface area contributed by atoms with Gasteiger partial charge in [0.1, 0.15) is 5.75 Å². The Bertz CT molecular complexity index is 1390. The smallest absolute Gasteiger partial charge is 0.335 e. The number of halogens is 1. The molecule has 3 aromatic carbocycles. The highest BCUT2D eigenvalue weighted by atomic mass is 35.5. The number of carbonyl (C=O) groups is 1. The molecule has 0 unspecified atom stereocenters. The Morgan fingerprint density at radius 1 is 0.844 bits per heavy atom. The van der Waals surface area contributed by atoms with Crippen molar-refractivity contribution in [3.63, 3.8) is 0 Å². The van der Waals surface area contributed by atoms with Gasteiger partial charge in [0.05, 0.1) is 38.9 Å². The van der Waals surface area contributed by atoms with Crippen LogP contribution in [0.1, 0.15) is 10.4 Å². The molecule has 168 valence electrons. The molecule has 0 bridgehead atoms. The number of para-hydroxylation sites is 1. The van der Waals surface area contributed by atoms with Crippen molar-refractivity contribution in [1.82, 2.24) is 0 Å². The van der Waals surface area contributed by atoms with Gasteiger partial charge in [-0.25, -0.2) is 21.6 Å². The fourth-order valence-electron chi connectivity index (χ4n) is 2.68. The number of benzene rings is 3. The summed E-state index contributed by atoms with van der Waals surface area (Å²) in [4.78, 5) is 10.6. The Labute approximate surface area is 189 Å². The number of hydrogen-bond acceptors (Lipinski definition) is 6. The molecule has 0 atom stereocenters. The summed E-state index contributed by atoms with van der Waals surface area (Å²) in [6, 6.07) is 14.5. The van der Waals surface area contributed by atoms with Gasteiger partial charge in [0.15, 0.2) is 0 Å². The normalized spacial score (nSPS) is 11.6. The number of sulfonamides is 2. The molecule has 0 aromatic heterocycles. The molecule has 3 N–H and O–H groups in total. The second-order valence-corrected chi connectivity index (χ2v) is 10.2. The first-order valence-electron chi connectivity index (χ1n) is 8.85. The zero-order valence-electron chi connectivity index (χ0n) is 16.4. The summed E-state index contributed by atoms with van der Waals surface area (Å²) >= 11 is 6.01. The molecular formula is C20H17ClN2O7S2. The van der Waals surface area contributed by atoms with E-state index in [-0.39, 0.29) is 37.5 Å². The molecular weight excluding hydrogens is 480 g/mol. The van der Waals surface area contributed by atoms with Gasteiger partial charge in [-0.3, -0.25) is 9.44 Å². The summed E-state index contributed by atoms with van der Waals surface area (Å²) < 4.78 is 60.9. The summed E-state index contributed by atoms with van der Waals surface area (Å²) in [5.41, 5.74) is -0.229. The number of carboxylic acid groups (broad SMARTS) is 1. The van der Waals surface area contributed by atoms with Gasteiger partial charge in [0, 0.05) is 0 Å². The van der Waals surface area contributed by atoms with Crippen molar-refractivity contribution in [1.29, 1.82) is 0 Å². The van der Waals surface area contributed by atoms with E-state index in [1.54, 1.807) is 12.1 Å². The average molecular weight is 497 g/mol. The highest BCUT2D eigenvalue weighted by molar-refractivity contribution is 7.93. The van der Waals surface area contributed by atoms with E-state index < -0.39 is 26.0 Å².